The van der Waals surface area contributed by atoms with Gasteiger partial charge in [-0.05, 0) is 35.9 Å². The van der Waals surface area contributed by atoms with Gasteiger partial charge in [0.1, 0.15) is 16.4 Å². The molecule has 1 aromatic heterocycles. The Morgan fingerprint density at radius 2 is 1.76 bits per heavy atom. The molecule has 0 atom stereocenters. The maximum atomic E-state index is 13.5. The first kappa shape index (κ1) is 22.3. The van der Waals surface area contributed by atoms with Crippen molar-refractivity contribution in [1.29, 1.82) is 0 Å². The first-order valence-corrected chi connectivity index (χ1v) is 10.7. The van der Waals surface area contributed by atoms with Gasteiger partial charge >= 0.3 is 6.61 Å². The summed E-state index contributed by atoms with van der Waals surface area (Å²) in [6, 6.07) is 21.2. The Labute approximate surface area is 191 Å². The smallest absolute Gasteiger partial charge is 0.387 e. The highest BCUT2D eigenvalue weighted by Gasteiger charge is 2.20. The standard InChI is InChI=1S/C24H18F3N3O2S/c25-17-7-4-8-18(13-17)29-24-30-20(16-5-2-1-3-6-16)21(33-24)22(31)28-14-15-9-11-19(12-10-15)32-23(26)27/h1-13,23H,14H2,(H,28,31)(H,29,30). The summed E-state index contributed by atoms with van der Waals surface area (Å²) in [6.07, 6.45) is 0. The SMILES string of the molecule is O=C(NCc1ccc(OC(F)F)cc1)c1sc(Nc2cccc(F)c2)nc1-c1ccccc1. The molecule has 1 amide bonds. The lowest BCUT2D eigenvalue weighted by atomic mass is 10.1. The fourth-order valence-electron chi connectivity index (χ4n) is 3.06. The van der Waals surface area contributed by atoms with Crippen molar-refractivity contribution < 1.29 is 22.7 Å². The third-order valence-corrected chi connectivity index (χ3v) is 5.53. The van der Waals surface area contributed by atoms with Crippen LogP contribution < -0.4 is 15.4 Å². The lowest BCUT2D eigenvalue weighted by Gasteiger charge is -2.07. The maximum Gasteiger partial charge on any atom is 0.387 e. The molecule has 168 valence electrons. The Kier molecular flexibility index (Phi) is 6.89. The second kappa shape index (κ2) is 10.2. The van der Waals surface area contributed by atoms with Crippen LogP contribution in [0.2, 0.25) is 0 Å². The Morgan fingerprint density at radius 1 is 1.00 bits per heavy atom. The molecule has 0 aliphatic carbocycles. The minimum atomic E-state index is -2.89. The minimum Gasteiger partial charge on any atom is -0.435 e. The predicted octanol–water partition coefficient (Wildman–Crippen LogP) is 6.22. The summed E-state index contributed by atoms with van der Waals surface area (Å²) in [6.45, 7) is -2.71. The van der Waals surface area contributed by atoms with Gasteiger partial charge < -0.3 is 15.4 Å². The van der Waals surface area contributed by atoms with Crippen LogP contribution in [-0.4, -0.2) is 17.5 Å². The monoisotopic (exact) mass is 469 g/mol. The van der Waals surface area contributed by atoms with Crippen LogP contribution in [0.15, 0.2) is 78.9 Å². The Hall–Kier alpha value is -3.85. The van der Waals surface area contributed by atoms with Crippen LogP contribution >= 0.6 is 11.3 Å². The fourth-order valence-corrected chi connectivity index (χ4v) is 3.98. The molecular formula is C24H18F3N3O2S. The van der Waals surface area contributed by atoms with Gasteiger partial charge in [0.05, 0.1) is 5.69 Å². The first-order chi connectivity index (χ1) is 16.0. The number of anilines is 2. The lowest BCUT2D eigenvalue weighted by molar-refractivity contribution is -0.0498. The van der Waals surface area contributed by atoms with Crippen molar-refractivity contribution >= 4 is 28.1 Å². The molecule has 0 unspecified atom stereocenters. The average molecular weight is 469 g/mol. The molecule has 4 aromatic rings. The first-order valence-electron chi connectivity index (χ1n) is 9.89. The van der Waals surface area contributed by atoms with E-state index in [1.807, 2.05) is 30.3 Å². The number of hydrogen-bond acceptors (Lipinski definition) is 5. The summed E-state index contributed by atoms with van der Waals surface area (Å²) in [7, 11) is 0. The molecule has 0 fully saturated rings. The van der Waals surface area contributed by atoms with Gasteiger partial charge in [-0.3, -0.25) is 4.79 Å². The van der Waals surface area contributed by atoms with Gasteiger partial charge in [0, 0.05) is 17.8 Å². The highest BCUT2D eigenvalue weighted by Crippen LogP contribution is 2.33. The van der Waals surface area contributed by atoms with Crippen LogP contribution in [0.5, 0.6) is 5.75 Å². The highest BCUT2D eigenvalue weighted by atomic mass is 32.1. The minimum absolute atomic E-state index is 0.0435. The third kappa shape index (κ3) is 5.89. The van der Waals surface area contributed by atoms with Crippen molar-refractivity contribution in [2.75, 3.05) is 5.32 Å². The fraction of sp³-hybridized carbons (Fsp3) is 0.0833. The molecule has 2 N–H and O–H groups in total. The van der Waals surface area contributed by atoms with Crippen LogP contribution in [0.25, 0.3) is 11.3 Å². The van der Waals surface area contributed by atoms with E-state index in [1.165, 1.54) is 24.3 Å². The van der Waals surface area contributed by atoms with Crippen molar-refractivity contribution in [1.82, 2.24) is 10.3 Å². The average Bonchev–Trinajstić information content (AvgIpc) is 3.22. The number of alkyl halides is 2. The van der Waals surface area contributed by atoms with Gasteiger partial charge in [0.15, 0.2) is 5.13 Å². The number of nitrogens with zero attached hydrogens (tertiary/aromatic N) is 1. The molecule has 3 aromatic carbocycles. The zero-order valence-electron chi connectivity index (χ0n) is 17.1. The molecule has 1 heterocycles. The van der Waals surface area contributed by atoms with Gasteiger partial charge in [-0.1, -0.05) is 59.9 Å². The van der Waals surface area contributed by atoms with Gasteiger partial charge in [-0.15, -0.1) is 0 Å². The van der Waals surface area contributed by atoms with E-state index in [2.05, 4.69) is 20.4 Å². The number of ether oxygens (including phenoxy) is 1. The van der Waals surface area contributed by atoms with E-state index in [0.29, 0.717) is 27.0 Å². The molecule has 9 heteroatoms. The number of halogens is 3. The van der Waals surface area contributed by atoms with Crippen molar-refractivity contribution in [3.8, 4) is 17.0 Å². The molecule has 0 saturated carbocycles. The van der Waals surface area contributed by atoms with Crippen LogP contribution in [-0.2, 0) is 6.54 Å². The van der Waals surface area contributed by atoms with Crippen molar-refractivity contribution in [2.45, 2.75) is 13.2 Å². The van der Waals surface area contributed by atoms with Crippen LogP contribution in [0.3, 0.4) is 0 Å². The van der Waals surface area contributed by atoms with Gasteiger partial charge in [-0.25, -0.2) is 9.37 Å². The van der Waals surface area contributed by atoms with E-state index in [0.717, 1.165) is 16.9 Å². The van der Waals surface area contributed by atoms with Crippen molar-refractivity contribution in [3.63, 3.8) is 0 Å². The van der Waals surface area contributed by atoms with Gasteiger partial charge in [-0.2, -0.15) is 8.78 Å². The van der Waals surface area contributed by atoms with Gasteiger partial charge in [0.25, 0.3) is 5.91 Å². The van der Waals surface area contributed by atoms with E-state index in [9.17, 15) is 18.0 Å². The number of carbonyl (C=O) groups is 1. The van der Waals surface area contributed by atoms with Crippen LogP contribution in [0.4, 0.5) is 24.0 Å². The predicted molar refractivity (Wildman–Crippen MR) is 121 cm³/mol. The molecule has 5 nitrogen and oxygen atoms in total. The van der Waals surface area contributed by atoms with Crippen molar-refractivity contribution in [3.05, 3.63) is 95.1 Å². The number of benzene rings is 3. The molecule has 0 aliphatic rings. The summed E-state index contributed by atoms with van der Waals surface area (Å²) >= 11 is 1.15. The Balaban J connectivity index is 1.53. The number of hydrogen-bond donors (Lipinski definition) is 2. The number of rotatable bonds is 8. The Bertz CT molecular complexity index is 1230. The largest absolute Gasteiger partial charge is 0.435 e. The van der Waals surface area contributed by atoms with E-state index < -0.39 is 6.61 Å². The summed E-state index contributed by atoms with van der Waals surface area (Å²) in [4.78, 5) is 17.9. The summed E-state index contributed by atoms with van der Waals surface area (Å²) < 4.78 is 42.4. The van der Waals surface area contributed by atoms with Crippen LogP contribution in [0.1, 0.15) is 15.2 Å². The topological polar surface area (TPSA) is 63.2 Å². The number of aromatic nitrogens is 1. The highest BCUT2D eigenvalue weighted by molar-refractivity contribution is 7.18. The maximum absolute atomic E-state index is 13.5. The molecule has 0 spiro atoms. The lowest BCUT2D eigenvalue weighted by Crippen LogP contribution is -2.22. The van der Waals surface area contributed by atoms with Crippen molar-refractivity contribution in [2.24, 2.45) is 0 Å². The second-order valence-electron chi connectivity index (χ2n) is 6.90. The van der Waals surface area contributed by atoms with Gasteiger partial charge in [0.2, 0.25) is 0 Å². The molecule has 4 rings (SSSR count). The summed E-state index contributed by atoms with van der Waals surface area (Å²) in [5.41, 5.74) is 2.49. The molecule has 0 aliphatic heterocycles. The van der Waals surface area contributed by atoms with Crippen LogP contribution in [0, 0.1) is 5.82 Å². The van der Waals surface area contributed by atoms with E-state index in [1.54, 1.807) is 24.3 Å². The molecule has 0 bridgehead atoms. The van der Waals surface area contributed by atoms with E-state index >= 15 is 0 Å². The second-order valence-corrected chi connectivity index (χ2v) is 7.90. The van der Waals surface area contributed by atoms with E-state index in [-0.39, 0.29) is 24.0 Å². The number of amides is 1. The zero-order chi connectivity index (χ0) is 23.2. The third-order valence-electron chi connectivity index (χ3n) is 4.56. The number of nitrogens with one attached hydrogen (secondary N) is 2. The molecule has 0 saturated heterocycles. The number of thiazole rings is 1. The zero-order valence-corrected chi connectivity index (χ0v) is 17.9. The molecule has 33 heavy (non-hydrogen) atoms. The number of carbonyl (C=O) groups excluding carboxylic acids is 1. The Morgan fingerprint density at radius 3 is 2.45 bits per heavy atom. The summed E-state index contributed by atoms with van der Waals surface area (Å²) in [5, 5.41) is 6.31. The molecular weight excluding hydrogens is 451 g/mol. The normalized spacial score (nSPS) is 10.8. The molecule has 0 radical (unpaired) electrons. The summed E-state index contributed by atoms with van der Waals surface area (Å²) in [5.74, 6) is -0.684. The quantitative estimate of drug-likeness (QED) is 0.321. The van der Waals surface area contributed by atoms with E-state index in [4.69, 9.17) is 0 Å².